The molecule has 19 heavy (non-hydrogen) atoms. The molecule has 1 unspecified atom stereocenters. The van der Waals surface area contributed by atoms with Gasteiger partial charge < -0.3 is 16.0 Å². The molecule has 1 fully saturated rings. The summed E-state index contributed by atoms with van der Waals surface area (Å²) in [5, 5.41) is 3.22. The van der Waals surface area contributed by atoms with Crippen LogP contribution in [0.5, 0.6) is 0 Å². The van der Waals surface area contributed by atoms with Crippen molar-refractivity contribution in [2.45, 2.75) is 25.7 Å². The van der Waals surface area contributed by atoms with Crippen LogP contribution in [0.3, 0.4) is 0 Å². The maximum absolute atomic E-state index is 5.58. The first kappa shape index (κ1) is 14.2. The van der Waals surface area contributed by atoms with Crippen LogP contribution in [0, 0.1) is 5.92 Å². The summed E-state index contributed by atoms with van der Waals surface area (Å²) < 4.78 is 0. The van der Waals surface area contributed by atoms with Crippen molar-refractivity contribution >= 4 is 5.95 Å². The molecule has 5 heteroatoms. The zero-order valence-corrected chi connectivity index (χ0v) is 12.0. The minimum Gasteiger partial charge on any atom is -0.354 e. The highest BCUT2D eigenvalue weighted by atomic mass is 15.1. The maximum atomic E-state index is 5.58. The second-order valence-corrected chi connectivity index (χ2v) is 5.64. The van der Waals surface area contributed by atoms with Crippen LogP contribution in [0.4, 0.5) is 5.95 Å². The highest BCUT2D eigenvalue weighted by Gasteiger charge is 2.18. The summed E-state index contributed by atoms with van der Waals surface area (Å²) in [4.78, 5) is 11.2. The Kier molecular flexibility index (Phi) is 5.10. The summed E-state index contributed by atoms with van der Waals surface area (Å²) in [5.41, 5.74) is 6.85. The van der Waals surface area contributed by atoms with E-state index in [1.165, 1.54) is 31.5 Å². The lowest BCUT2D eigenvalue weighted by atomic mass is 9.92. The predicted octanol–water partition coefficient (Wildman–Crippen LogP) is 1.29. The van der Waals surface area contributed by atoms with Crippen LogP contribution < -0.4 is 11.1 Å². The molecule has 0 aliphatic carbocycles. The minimum absolute atomic E-state index is 0.442. The van der Waals surface area contributed by atoms with Gasteiger partial charge in [0.15, 0.2) is 0 Å². The molecule has 2 rings (SSSR count). The van der Waals surface area contributed by atoms with Crippen molar-refractivity contribution in [1.82, 2.24) is 14.9 Å². The van der Waals surface area contributed by atoms with Gasteiger partial charge in [-0.2, -0.15) is 0 Å². The molecular formula is C14H25N5. The monoisotopic (exact) mass is 263 g/mol. The minimum atomic E-state index is 0.442. The van der Waals surface area contributed by atoms with Crippen molar-refractivity contribution < 1.29 is 0 Å². The molecule has 1 aromatic rings. The fourth-order valence-electron chi connectivity index (χ4n) is 2.33. The van der Waals surface area contributed by atoms with Gasteiger partial charge in [-0.15, -0.1) is 0 Å². The molecule has 106 valence electrons. The van der Waals surface area contributed by atoms with Crippen molar-refractivity contribution in [2.24, 2.45) is 11.7 Å². The van der Waals surface area contributed by atoms with E-state index >= 15 is 0 Å². The van der Waals surface area contributed by atoms with E-state index in [1.807, 2.05) is 12.4 Å². The summed E-state index contributed by atoms with van der Waals surface area (Å²) in [6.45, 7) is 5.95. The van der Waals surface area contributed by atoms with E-state index in [4.69, 9.17) is 5.73 Å². The van der Waals surface area contributed by atoms with Gasteiger partial charge >= 0.3 is 0 Å². The van der Waals surface area contributed by atoms with Gasteiger partial charge in [-0.3, -0.25) is 0 Å². The molecule has 2 heterocycles. The molecule has 1 saturated heterocycles. The molecule has 1 aliphatic heterocycles. The van der Waals surface area contributed by atoms with Crippen LogP contribution in [0.2, 0.25) is 0 Å². The molecule has 0 saturated carbocycles. The number of hydrogen-bond acceptors (Lipinski definition) is 5. The second-order valence-electron chi connectivity index (χ2n) is 5.64. The standard InChI is InChI=1S/C14H25N5/c1-11(7-15)8-16-14-17-9-13(10-18-14)12-3-5-19(2)6-4-12/h9-12H,3-8,15H2,1-2H3,(H,16,17,18). The zero-order chi connectivity index (χ0) is 13.7. The number of aromatic nitrogens is 2. The Morgan fingerprint density at radius 1 is 1.37 bits per heavy atom. The number of nitrogens with zero attached hydrogens (tertiary/aromatic N) is 3. The Labute approximate surface area is 115 Å². The van der Waals surface area contributed by atoms with Crippen LogP contribution in [-0.2, 0) is 0 Å². The number of rotatable bonds is 5. The molecule has 0 spiro atoms. The van der Waals surface area contributed by atoms with E-state index in [1.54, 1.807) is 0 Å². The molecule has 0 amide bonds. The third kappa shape index (κ3) is 4.14. The first-order valence-electron chi connectivity index (χ1n) is 7.13. The van der Waals surface area contributed by atoms with E-state index < -0.39 is 0 Å². The van der Waals surface area contributed by atoms with E-state index in [0.717, 1.165) is 6.54 Å². The number of piperidine rings is 1. The molecule has 0 radical (unpaired) electrons. The SMILES string of the molecule is CC(CN)CNc1ncc(C2CCN(C)CC2)cn1. The largest absolute Gasteiger partial charge is 0.354 e. The first-order chi connectivity index (χ1) is 9.19. The number of hydrogen-bond donors (Lipinski definition) is 2. The van der Waals surface area contributed by atoms with Crippen LogP contribution >= 0.6 is 0 Å². The van der Waals surface area contributed by atoms with E-state index in [9.17, 15) is 0 Å². The van der Waals surface area contributed by atoms with Crippen LogP contribution in [-0.4, -0.2) is 48.1 Å². The molecule has 0 bridgehead atoms. The average Bonchev–Trinajstić information content (AvgIpc) is 2.46. The Hall–Kier alpha value is -1.20. The first-order valence-corrected chi connectivity index (χ1v) is 7.13. The second kappa shape index (κ2) is 6.82. The normalized spacial score (nSPS) is 19.3. The molecule has 1 aromatic heterocycles. The summed E-state index contributed by atoms with van der Waals surface area (Å²) in [5.74, 6) is 1.77. The molecule has 0 aromatic carbocycles. The zero-order valence-electron chi connectivity index (χ0n) is 12.0. The van der Waals surface area contributed by atoms with E-state index in [0.29, 0.717) is 24.3 Å². The predicted molar refractivity (Wildman–Crippen MR) is 78.2 cm³/mol. The summed E-state index contributed by atoms with van der Waals surface area (Å²) in [7, 11) is 2.18. The highest BCUT2D eigenvalue weighted by molar-refractivity contribution is 5.26. The summed E-state index contributed by atoms with van der Waals surface area (Å²) in [6.07, 6.45) is 6.35. The van der Waals surface area contributed by atoms with Crippen LogP contribution in [0.25, 0.3) is 0 Å². The third-order valence-corrected chi connectivity index (χ3v) is 3.87. The van der Waals surface area contributed by atoms with Crippen LogP contribution in [0.15, 0.2) is 12.4 Å². The average molecular weight is 263 g/mol. The van der Waals surface area contributed by atoms with Gasteiger partial charge in [-0.25, -0.2) is 9.97 Å². The Morgan fingerprint density at radius 3 is 2.58 bits per heavy atom. The van der Waals surface area contributed by atoms with Gasteiger partial charge in [0.2, 0.25) is 5.95 Å². The highest BCUT2D eigenvalue weighted by Crippen LogP contribution is 2.26. The van der Waals surface area contributed by atoms with Crippen LogP contribution in [0.1, 0.15) is 31.2 Å². The van der Waals surface area contributed by atoms with Crippen molar-refractivity contribution in [3.05, 3.63) is 18.0 Å². The van der Waals surface area contributed by atoms with E-state index in [-0.39, 0.29) is 0 Å². The maximum Gasteiger partial charge on any atom is 0.222 e. The lowest BCUT2D eigenvalue weighted by molar-refractivity contribution is 0.255. The third-order valence-electron chi connectivity index (χ3n) is 3.87. The Balaban J connectivity index is 1.87. The Bertz CT molecular complexity index is 370. The van der Waals surface area contributed by atoms with Gasteiger partial charge in [0.1, 0.15) is 0 Å². The molecule has 1 atom stereocenters. The van der Waals surface area contributed by atoms with Crippen molar-refractivity contribution in [3.63, 3.8) is 0 Å². The number of anilines is 1. The van der Waals surface area contributed by atoms with Crippen molar-refractivity contribution in [3.8, 4) is 0 Å². The number of nitrogens with one attached hydrogen (secondary N) is 1. The van der Waals surface area contributed by atoms with Gasteiger partial charge in [-0.1, -0.05) is 6.92 Å². The molecule has 3 N–H and O–H groups in total. The van der Waals surface area contributed by atoms with Gasteiger partial charge in [-0.05, 0) is 56.9 Å². The smallest absolute Gasteiger partial charge is 0.222 e. The van der Waals surface area contributed by atoms with Gasteiger partial charge in [0.25, 0.3) is 0 Å². The Morgan fingerprint density at radius 2 is 2.00 bits per heavy atom. The topological polar surface area (TPSA) is 67.1 Å². The summed E-state index contributed by atoms with van der Waals surface area (Å²) in [6, 6.07) is 0. The lowest BCUT2D eigenvalue weighted by Crippen LogP contribution is -2.29. The quantitative estimate of drug-likeness (QED) is 0.838. The molecule has 1 aliphatic rings. The number of nitrogens with two attached hydrogens (primary N) is 1. The lowest BCUT2D eigenvalue weighted by Gasteiger charge is -2.28. The summed E-state index contributed by atoms with van der Waals surface area (Å²) >= 11 is 0. The fourth-order valence-corrected chi connectivity index (χ4v) is 2.33. The fraction of sp³-hybridized carbons (Fsp3) is 0.714. The van der Waals surface area contributed by atoms with Gasteiger partial charge in [0, 0.05) is 18.9 Å². The van der Waals surface area contributed by atoms with Gasteiger partial charge in [0.05, 0.1) is 0 Å². The van der Waals surface area contributed by atoms with E-state index in [2.05, 4.69) is 34.2 Å². The van der Waals surface area contributed by atoms with Crippen molar-refractivity contribution in [2.75, 3.05) is 38.5 Å². The van der Waals surface area contributed by atoms with Crippen molar-refractivity contribution in [1.29, 1.82) is 0 Å². The molecular weight excluding hydrogens is 238 g/mol. The molecule has 5 nitrogen and oxygen atoms in total. The number of likely N-dealkylation sites (tertiary alicyclic amines) is 1.